The minimum absolute atomic E-state index is 0.243. The maximum Gasteiger partial charge on any atom is 0.270 e. The van der Waals surface area contributed by atoms with Crippen LogP contribution in [0.4, 0.5) is 5.82 Å². The SMILES string of the molecule is COCCNC(=O)c1cc(NCCN(C)C)nc(-c2ccccc2)n1. The Bertz CT molecular complexity index is 676. The van der Waals surface area contributed by atoms with Crippen molar-refractivity contribution in [2.45, 2.75) is 0 Å². The van der Waals surface area contributed by atoms with Crippen LogP contribution < -0.4 is 10.6 Å². The number of ether oxygens (including phenoxy) is 1. The number of carbonyl (C=O) groups excluding carboxylic acids is 1. The van der Waals surface area contributed by atoms with Gasteiger partial charge in [0.05, 0.1) is 6.61 Å². The smallest absolute Gasteiger partial charge is 0.270 e. The van der Waals surface area contributed by atoms with E-state index >= 15 is 0 Å². The lowest BCUT2D eigenvalue weighted by atomic mass is 10.2. The number of amides is 1. The number of nitrogens with zero attached hydrogens (tertiary/aromatic N) is 3. The second kappa shape index (κ2) is 9.71. The van der Waals surface area contributed by atoms with E-state index in [0.29, 0.717) is 30.5 Å². The Morgan fingerprint density at radius 2 is 1.92 bits per heavy atom. The summed E-state index contributed by atoms with van der Waals surface area (Å²) in [5.74, 6) is 0.909. The number of benzene rings is 1. The molecule has 0 saturated carbocycles. The van der Waals surface area contributed by atoms with Crippen molar-refractivity contribution in [3.63, 3.8) is 0 Å². The molecule has 1 aromatic heterocycles. The Hall–Kier alpha value is -2.51. The molecule has 1 amide bonds. The highest BCUT2D eigenvalue weighted by Gasteiger charge is 2.12. The first kappa shape index (κ1) is 18.8. The summed E-state index contributed by atoms with van der Waals surface area (Å²) in [6.07, 6.45) is 0. The molecule has 0 spiro atoms. The van der Waals surface area contributed by atoms with Gasteiger partial charge in [0, 0.05) is 38.4 Å². The molecule has 2 rings (SSSR count). The third-order valence-electron chi connectivity index (χ3n) is 3.45. The summed E-state index contributed by atoms with van der Waals surface area (Å²) in [6, 6.07) is 11.3. The molecule has 1 heterocycles. The predicted octanol–water partition coefficient (Wildman–Crippen LogP) is 1.49. The standard InChI is InChI=1S/C18H25N5O2/c1-23(2)11-9-19-16-13-15(18(24)20-10-12-25-3)21-17(22-16)14-7-5-4-6-8-14/h4-8,13H,9-12H2,1-3H3,(H,20,24)(H,19,21,22). The van der Waals surface area contributed by atoms with E-state index in [1.165, 1.54) is 0 Å². The second-order valence-corrected chi connectivity index (χ2v) is 5.81. The van der Waals surface area contributed by atoms with Gasteiger partial charge in [0.1, 0.15) is 11.5 Å². The number of nitrogens with one attached hydrogen (secondary N) is 2. The van der Waals surface area contributed by atoms with Crippen LogP contribution in [0.2, 0.25) is 0 Å². The summed E-state index contributed by atoms with van der Waals surface area (Å²) in [5.41, 5.74) is 1.20. The van der Waals surface area contributed by atoms with Crippen LogP contribution in [-0.4, -0.2) is 68.2 Å². The van der Waals surface area contributed by atoms with Crippen molar-refractivity contribution in [2.24, 2.45) is 0 Å². The fraction of sp³-hybridized carbons (Fsp3) is 0.389. The summed E-state index contributed by atoms with van der Waals surface area (Å²) < 4.78 is 4.96. The fourth-order valence-corrected chi connectivity index (χ4v) is 2.14. The predicted molar refractivity (Wildman–Crippen MR) is 98.7 cm³/mol. The molecule has 1 aromatic carbocycles. The molecule has 7 heteroatoms. The van der Waals surface area contributed by atoms with Crippen molar-refractivity contribution in [1.82, 2.24) is 20.2 Å². The van der Waals surface area contributed by atoms with Gasteiger partial charge in [-0.05, 0) is 14.1 Å². The highest BCUT2D eigenvalue weighted by molar-refractivity contribution is 5.93. The Kier molecular flexibility index (Phi) is 7.31. The second-order valence-electron chi connectivity index (χ2n) is 5.81. The van der Waals surface area contributed by atoms with Crippen molar-refractivity contribution in [3.8, 4) is 11.4 Å². The Morgan fingerprint density at radius 1 is 1.16 bits per heavy atom. The van der Waals surface area contributed by atoms with E-state index in [1.54, 1.807) is 13.2 Å². The number of hydrogen-bond acceptors (Lipinski definition) is 6. The molecule has 25 heavy (non-hydrogen) atoms. The summed E-state index contributed by atoms with van der Waals surface area (Å²) in [7, 11) is 5.61. The Labute approximate surface area is 148 Å². The van der Waals surface area contributed by atoms with Crippen LogP contribution >= 0.6 is 0 Å². The molecule has 0 fully saturated rings. The van der Waals surface area contributed by atoms with Gasteiger partial charge in [-0.15, -0.1) is 0 Å². The van der Waals surface area contributed by atoms with Gasteiger partial charge in [0.25, 0.3) is 5.91 Å². The van der Waals surface area contributed by atoms with Gasteiger partial charge in [-0.25, -0.2) is 9.97 Å². The molecule has 0 aliphatic carbocycles. The quantitative estimate of drug-likeness (QED) is 0.672. The van der Waals surface area contributed by atoms with Crippen molar-refractivity contribution in [1.29, 1.82) is 0 Å². The van der Waals surface area contributed by atoms with Crippen molar-refractivity contribution in [2.75, 3.05) is 52.8 Å². The van der Waals surface area contributed by atoms with Gasteiger partial charge in [-0.1, -0.05) is 30.3 Å². The highest BCUT2D eigenvalue weighted by Crippen LogP contribution is 2.17. The number of likely N-dealkylation sites (N-methyl/N-ethyl adjacent to an activating group) is 1. The van der Waals surface area contributed by atoms with Gasteiger partial charge in [-0.3, -0.25) is 4.79 Å². The Morgan fingerprint density at radius 3 is 2.60 bits per heavy atom. The van der Waals surface area contributed by atoms with Crippen LogP contribution in [0, 0.1) is 0 Å². The molecule has 2 N–H and O–H groups in total. The molecule has 0 aliphatic rings. The zero-order valence-electron chi connectivity index (χ0n) is 15.0. The van der Waals surface area contributed by atoms with Crippen LogP contribution in [0.15, 0.2) is 36.4 Å². The molecule has 0 unspecified atom stereocenters. The number of carbonyl (C=O) groups is 1. The van der Waals surface area contributed by atoms with E-state index in [1.807, 2.05) is 44.4 Å². The van der Waals surface area contributed by atoms with Gasteiger partial charge < -0.3 is 20.3 Å². The third kappa shape index (κ3) is 6.13. The third-order valence-corrected chi connectivity index (χ3v) is 3.45. The fourth-order valence-electron chi connectivity index (χ4n) is 2.14. The topological polar surface area (TPSA) is 79.4 Å². The molecule has 134 valence electrons. The maximum absolute atomic E-state index is 12.3. The van der Waals surface area contributed by atoms with Gasteiger partial charge in [0.2, 0.25) is 0 Å². The van der Waals surface area contributed by atoms with Crippen LogP contribution in [-0.2, 0) is 4.74 Å². The maximum atomic E-state index is 12.3. The molecule has 0 atom stereocenters. The van der Waals surface area contributed by atoms with E-state index in [0.717, 1.165) is 18.7 Å². The highest BCUT2D eigenvalue weighted by atomic mass is 16.5. The lowest BCUT2D eigenvalue weighted by Crippen LogP contribution is -2.28. The van der Waals surface area contributed by atoms with Gasteiger partial charge >= 0.3 is 0 Å². The number of rotatable bonds is 9. The van der Waals surface area contributed by atoms with E-state index < -0.39 is 0 Å². The minimum Gasteiger partial charge on any atom is -0.383 e. The lowest BCUT2D eigenvalue weighted by Gasteiger charge is -2.13. The number of anilines is 1. The van der Waals surface area contributed by atoms with E-state index in [2.05, 4.69) is 25.5 Å². The summed E-state index contributed by atoms with van der Waals surface area (Å²) >= 11 is 0. The first-order chi connectivity index (χ1) is 12.1. The number of aromatic nitrogens is 2. The first-order valence-electron chi connectivity index (χ1n) is 8.20. The van der Waals surface area contributed by atoms with E-state index in [-0.39, 0.29) is 5.91 Å². The zero-order chi connectivity index (χ0) is 18.1. The van der Waals surface area contributed by atoms with Crippen molar-refractivity contribution >= 4 is 11.7 Å². The lowest BCUT2D eigenvalue weighted by molar-refractivity contribution is 0.0932. The molecule has 0 aliphatic heterocycles. The van der Waals surface area contributed by atoms with Crippen LogP contribution in [0.3, 0.4) is 0 Å². The molecule has 0 saturated heterocycles. The first-order valence-corrected chi connectivity index (χ1v) is 8.20. The Balaban J connectivity index is 2.23. The summed E-state index contributed by atoms with van der Waals surface area (Å²) in [4.78, 5) is 23.4. The van der Waals surface area contributed by atoms with Crippen molar-refractivity contribution < 1.29 is 9.53 Å². The molecular weight excluding hydrogens is 318 g/mol. The van der Waals surface area contributed by atoms with E-state index in [9.17, 15) is 4.79 Å². The van der Waals surface area contributed by atoms with Crippen LogP contribution in [0.1, 0.15) is 10.5 Å². The zero-order valence-corrected chi connectivity index (χ0v) is 15.0. The molecule has 7 nitrogen and oxygen atoms in total. The normalized spacial score (nSPS) is 10.7. The number of methoxy groups -OCH3 is 1. The monoisotopic (exact) mass is 343 g/mol. The average molecular weight is 343 g/mol. The number of hydrogen-bond donors (Lipinski definition) is 2. The van der Waals surface area contributed by atoms with Gasteiger partial charge in [-0.2, -0.15) is 0 Å². The minimum atomic E-state index is -0.243. The summed E-state index contributed by atoms with van der Waals surface area (Å²) in [5, 5.41) is 6.04. The van der Waals surface area contributed by atoms with Crippen molar-refractivity contribution in [3.05, 3.63) is 42.1 Å². The largest absolute Gasteiger partial charge is 0.383 e. The van der Waals surface area contributed by atoms with Crippen LogP contribution in [0.5, 0.6) is 0 Å². The molecule has 0 radical (unpaired) electrons. The van der Waals surface area contributed by atoms with Gasteiger partial charge in [0.15, 0.2) is 5.82 Å². The van der Waals surface area contributed by atoms with Crippen LogP contribution in [0.25, 0.3) is 11.4 Å². The molecule has 0 bridgehead atoms. The molecular formula is C18H25N5O2. The summed E-state index contributed by atoms with van der Waals surface area (Å²) in [6.45, 7) is 2.47. The van der Waals surface area contributed by atoms with E-state index in [4.69, 9.17) is 4.74 Å². The molecule has 2 aromatic rings. The average Bonchev–Trinajstić information content (AvgIpc) is 2.62.